The molecule has 1 aliphatic heterocycles. The third kappa shape index (κ3) is 3.86. The van der Waals surface area contributed by atoms with Crippen molar-refractivity contribution in [1.82, 2.24) is 4.57 Å². The molecule has 8 heteroatoms. The van der Waals surface area contributed by atoms with Crippen LogP contribution in [0, 0.1) is 0 Å². The molecule has 3 nitrogen and oxygen atoms in total. The summed E-state index contributed by atoms with van der Waals surface area (Å²) in [5, 5.41) is 0. The number of carbonyl (C=O) groups is 1. The van der Waals surface area contributed by atoms with Crippen LogP contribution in [0.5, 0.6) is 0 Å². The maximum Gasteiger partial charge on any atom is 0.416 e. The minimum atomic E-state index is -4.43. The topological polar surface area (TPSA) is 25.2 Å². The predicted octanol–water partition coefficient (Wildman–Crippen LogP) is 5.90. The molecule has 1 fully saturated rings. The SMILES string of the molecule is O=C1/C(=C\c2cccn2-c2cccc(C(F)(F)F)c2)SC(=S)N1c1ccccc1. The summed E-state index contributed by atoms with van der Waals surface area (Å²) in [6.45, 7) is 0. The lowest BCUT2D eigenvalue weighted by Crippen LogP contribution is -2.27. The molecular weight excluding hydrogens is 417 g/mol. The molecule has 1 amide bonds. The van der Waals surface area contributed by atoms with Gasteiger partial charge in [-0.05, 0) is 48.5 Å². The summed E-state index contributed by atoms with van der Waals surface area (Å²) in [7, 11) is 0. The Hall–Kier alpha value is -2.84. The highest BCUT2D eigenvalue weighted by molar-refractivity contribution is 8.27. The molecular formula is C21H13F3N2OS2. The standard InChI is InChI=1S/C21H13F3N2OS2/c22-21(23,24)14-6-4-9-16(12-14)25-11-5-10-17(25)13-18-19(27)26(20(28)29-18)15-7-2-1-3-8-15/h1-13H/b18-13+. The fourth-order valence-electron chi connectivity index (χ4n) is 2.98. The highest BCUT2D eigenvalue weighted by Crippen LogP contribution is 2.36. The van der Waals surface area contributed by atoms with E-state index in [1.165, 1.54) is 11.0 Å². The van der Waals surface area contributed by atoms with Crippen LogP contribution in [0.3, 0.4) is 0 Å². The van der Waals surface area contributed by atoms with Crippen molar-refractivity contribution in [1.29, 1.82) is 0 Å². The van der Waals surface area contributed by atoms with Crippen LogP contribution in [-0.4, -0.2) is 14.8 Å². The van der Waals surface area contributed by atoms with E-state index >= 15 is 0 Å². The number of hydrogen-bond donors (Lipinski definition) is 0. The lowest BCUT2D eigenvalue weighted by Gasteiger charge is -2.14. The van der Waals surface area contributed by atoms with Crippen molar-refractivity contribution in [3.63, 3.8) is 0 Å². The zero-order valence-electron chi connectivity index (χ0n) is 14.8. The number of para-hydroxylation sites is 1. The summed E-state index contributed by atoms with van der Waals surface area (Å²) in [6.07, 6.45) is -1.14. The minimum absolute atomic E-state index is 0.261. The quantitative estimate of drug-likeness (QED) is 0.382. The molecule has 0 N–H and O–H groups in total. The highest BCUT2D eigenvalue weighted by Gasteiger charge is 2.33. The zero-order valence-corrected chi connectivity index (χ0v) is 16.4. The van der Waals surface area contributed by atoms with Gasteiger partial charge in [-0.1, -0.05) is 48.2 Å². The van der Waals surface area contributed by atoms with E-state index in [1.54, 1.807) is 47.2 Å². The van der Waals surface area contributed by atoms with Gasteiger partial charge in [0.1, 0.15) is 0 Å². The molecule has 0 radical (unpaired) electrons. The number of rotatable bonds is 3. The smallest absolute Gasteiger partial charge is 0.317 e. The Morgan fingerprint density at radius 2 is 1.66 bits per heavy atom. The van der Waals surface area contributed by atoms with Crippen LogP contribution in [0.4, 0.5) is 18.9 Å². The first-order chi connectivity index (χ1) is 13.8. The molecule has 0 bridgehead atoms. The Kier molecular flexibility index (Phi) is 5.06. The van der Waals surface area contributed by atoms with Crippen molar-refractivity contribution in [2.45, 2.75) is 6.18 Å². The van der Waals surface area contributed by atoms with Gasteiger partial charge in [0.25, 0.3) is 5.91 Å². The van der Waals surface area contributed by atoms with Gasteiger partial charge in [0.2, 0.25) is 0 Å². The van der Waals surface area contributed by atoms with Gasteiger partial charge in [0.15, 0.2) is 4.32 Å². The third-order valence-corrected chi connectivity index (χ3v) is 5.62. The first kappa shape index (κ1) is 19.5. The molecule has 4 rings (SSSR count). The van der Waals surface area contributed by atoms with Gasteiger partial charge in [-0.3, -0.25) is 9.69 Å². The van der Waals surface area contributed by atoms with Gasteiger partial charge < -0.3 is 4.57 Å². The second-order valence-electron chi connectivity index (χ2n) is 6.20. The number of thiocarbonyl (C=S) groups is 1. The number of amides is 1. The van der Waals surface area contributed by atoms with Gasteiger partial charge in [0, 0.05) is 17.6 Å². The number of alkyl halides is 3. The number of anilines is 1. The number of aromatic nitrogens is 1. The maximum absolute atomic E-state index is 13.0. The number of carbonyl (C=O) groups excluding carboxylic acids is 1. The summed E-state index contributed by atoms with van der Waals surface area (Å²) >= 11 is 6.51. The largest absolute Gasteiger partial charge is 0.416 e. The van der Waals surface area contributed by atoms with E-state index in [4.69, 9.17) is 12.2 Å². The van der Waals surface area contributed by atoms with Crippen LogP contribution >= 0.6 is 24.0 Å². The summed E-state index contributed by atoms with van der Waals surface area (Å²) in [6, 6.07) is 17.5. The van der Waals surface area contributed by atoms with Crippen LogP contribution in [-0.2, 0) is 11.0 Å². The fraction of sp³-hybridized carbons (Fsp3) is 0.0476. The van der Waals surface area contributed by atoms with E-state index in [0.717, 1.165) is 23.9 Å². The lowest BCUT2D eigenvalue weighted by atomic mass is 10.2. The molecule has 1 aliphatic rings. The lowest BCUT2D eigenvalue weighted by molar-refractivity contribution is -0.137. The van der Waals surface area contributed by atoms with Crippen molar-refractivity contribution in [2.24, 2.45) is 0 Å². The Labute approximate surface area is 174 Å². The Balaban J connectivity index is 1.69. The second kappa shape index (κ2) is 7.53. The monoisotopic (exact) mass is 430 g/mol. The van der Waals surface area contributed by atoms with Crippen LogP contribution in [0.25, 0.3) is 11.8 Å². The first-order valence-electron chi connectivity index (χ1n) is 8.52. The van der Waals surface area contributed by atoms with Crippen molar-refractivity contribution in [3.8, 4) is 5.69 Å². The van der Waals surface area contributed by atoms with E-state index in [9.17, 15) is 18.0 Å². The first-order valence-corrected chi connectivity index (χ1v) is 9.75. The van der Waals surface area contributed by atoms with Crippen LogP contribution in [0.15, 0.2) is 77.8 Å². The van der Waals surface area contributed by atoms with Crippen molar-refractivity contribution in [3.05, 3.63) is 89.1 Å². The zero-order chi connectivity index (χ0) is 20.6. The van der Waals surface area contributed by atoms with E-state index in [1.807, 2.05) is 18.2 Å². The predicted molar refractivity (Wildman–Crippen MR) is 113 cm³/mol. The molecule has 2 aromatic carbocycles. The molecule has 1 aromatic heterocycles. The molecule has 2 heterocycles. The van der Waals surface area contributed by atoms with Crippen LogP contribution in [0.1, 0.15) is 11.3 Å². The molecule has 0 aliphatic carbocycles. The van der Waals surface area contributed by atoms with E-state index < -0.39 is 11.7 Å². The molecule has 1 saturated heterocycles. The average Bonchev–Trinajstić information content (AvgIpc) is 3.26. The van der Waals surface area contributed by atoms with Gasteiger partial charge >= 0.3 is 6.18 Å². The summed E-state index contributed by atoms with van der Waals surface area (Å²) in [5.41, 5.74) is 0.879. The average molecular weight is 430 g/mol. The summed E-state index contributed by atoms with van der Waals surface area (Å²) < 4.78 is 41.2. The van der Waals surface area contributed by atoms with Crippen molar-refractivity contribution < 1.29 is 18.0 Å². The van der Waals surface area contributed by atoms with Gasteiger partial charge in [-0.15, -0.1) is 0 Å². The Bertz CT molecular complexity index is 1120. The third-order valence-electron chi connectivity index (χ3n) is 4.32. The summed E-state index contributed by atoms with van der Waals surface area (Å²) in [4.78, 5) is 14.7. The molecule has 146 valence electrons. The van der Waals surface area contributed by atoms with Crippen molar-refractivity contribution >= 4 is 46.0 Å². The number of benzene rings is 2. The van der Waals surface area contributed by atoms with Gasteiger partial charge in [0.05, 0.1) is 16.2 Å². The fourth-order valence-corrected chi connectivity index (χ4v) is 4.26. The summed E-state index contributed by atoms with van der Waals surface area (Å²) in [5.74, 6) is -0.261. The number of thioether (sulfide) groups is 1. The highest BCUT2D eigenvalue weighted by atomic mass is 32.2. The second-order valence-corrected chi connectivity index (χ2v) is 7.88. The molecule has 29 heavy (non-hydrogen) atoms. The minimum Gasteiger partial charge on any atom is -0.317 e. The number of hydrogen-bond acceptors (Lipinski definition) is 3. The van der Waals surface area contributed by atoms with Gasteiger partial charge in [-0.25, -0.2) is 0 Å². The Morgan fingerprint density at radius 1 is 0.931 bits per heavy atom. The molecule has 0 spiro atoms. The normalized spacial score (nSPS) is 16.1. The van der Waals surface area contributed by atoms with Crippen molar-refractivity contribution in [2.75, 3.05) is 4.90 Å². The van der Waals surface area contributed by atoms with Gasteiger partial charge in [-0.2, -0.15) is 13.2 Å². The molecule has 3 aromatic rings. The maximum atomic E-state index is 13.0. The number of nitrogens with zero attached hydrogens (tertiary/aromatic N) is 2. The number of halogens is 3. The van der Waals surface area contributed by atoms with E-state index in [-0.39, 0.29) is 5.91 Å². The molecule has 0 atom stereocenters. The van der Waals surface area contributed by atoms with E-state index in [2.05, 4.69) is 0 Å². The van der Waals surface area contributed by atoms with E-state index in [0.29, 0.717) is 26.3 Å². The van der Waals surface area contributed by atoms with Crippen LogP contribution in [0.2, 0.25) is 0 Å². The molecule has 0 unspecified atom stereocenters. The molecule has 0 saturated carbocycles. The Morgan fingerprint density at radius 3 is 2.38 bits per heavy atom. The van der Waals surface area contributed by atoms with Crippen LogP contribution < -0.4 is 4.90 Å².